The molecule has 0 aliphatic heterocycles. The highest BCUT2D eigenvalue weighted by molar-refractivity contribution is 7.73. The summed E-state index contributed by atoms with van der Waals surface area (Å²) in [5, 5.41) is 11.9. The number of rotatable bonds is 6. The predicted molar refractivity (Wildman–Crippen MR) is 101 cm³/mol. The van der Waals surface area contributed by atoms with Crippen molar-refractivity contribution < 1.29 is 9.90 Å². The van der Waals surface area contributed by atoms with Gasteiger partial charge in [0.25, 0.3) is 0 Å². The lowest BCUT2D eigenvalue weighted by molar-refractivity contribution is -0.137. The van der Waals surface area contributed by atoms with Crippen LogP contribution in [-0.2, 0) is 4.79 Å². The van der Waals surface area contributed by atoms with Crippen molar-refractivity contribution in [2.75, 3.05) is 0 Å². The van der Waals surface area contributed by atoms with Crippen LogP contribution in [0.15, 0.2) is 91.0 Å². The Morgan fingerprint density at radius 2 is 1.17 bits per heavy atom. The number of carbonyl (C=O) groups is 1. The van der Waals surface area contributed by atoms with Crippen molar-refractivity contribution in [2.24, 2.45) is 0 Å². The first-order valence-corrected chi connectivity index (χ1v) is 9.33. The van der Waals surface area contributed by atoms with E-state index in [2.05, 4.69) is 24.3 Å². The van der Waals surface area contributed by atoms with Crippen LogP contribution >= 0.6 is 7.92 Å². The van der Waals surface area contributed by atoms with Crippen molar-refractivity contribution >= 4 is 24.5 Å². The van der Waals surface area contributed by atoms with E-state index in [0.717, 1.165) is 5.56 Å². The molecule has 1 atom stereocenters. The van der Waals surface area contributed by atoms with Gasteiger partial charge < -0.3 is 5.11 Å². The Kier molecular flexibility index (Phi) is 5.40. The molecule has 120 valence electrons. The molecule has 2 nitrogen and oxygen atoms in total. The van der Waals surface area contributed by atoms with E-state index in [-0.39, 0.29) is 12.1 Å². The maximum Gasteiger partial charge on any atom is 0.304 e. The van der Waals surface area contributed by atoms with Crippen molar-refractivity contribution in [1.29, 1.82) is 0 Å². The Bertz CT molecular complexity index is 733. The standard InChI is InChI=1S/C21H19O2P/c22-21(23)16-20(17-10-4-1-5-11-17)24(18-12-6-2-7-13-18)19-14-8-3-9-15-19/h1-15,20H,16H2,(H,22,23)/t20-/m1/s1. The van der Waals surface area contributed by atoms with Gasteiger partial charge in [-0.1, -0.05) is 91.0 Å². The van der Waals surface area contributed by atoms with Gasteiger partial charge >= 0.3 is 5.97 Å². The molecule has 0 heterocycles. The average Bonchev–Trinajstić information content (AvgIpc) is 2.63. The summed E-state index contributed by atoms with van der Waals surface area (Å²) in [7, 11) is -0.804. The zero-order chi connectivity index (χ0) is 16.8. The Morgan fingerprint density at radius 1 is 0.750 bits per heavy atom. The summed E-state index contributed by atoms with van der Waals surface area (Å²) in [5.74, 6) is -0.761. The number of aliphatic carboxylic acids is 1. The second-order valence-corrected chi connectivity index (χ2v) is 7.96. The van der Waals surface area contributed by atoms with E-state index in [0.29, 0.717) is 0 Å². The molecule has 0 saturated carbocycles. The maximum atomic E-state index is 11.6. The molecule has 0 fully saturated rings. The summed E-state index contributed by atoms with van der Waals surface area (Å²) in [6.07, 6.45) is 0.125. The van der Waals surface area contributed by atoms with Gasteiger partial charge in [0.2, 0.25) is 0 Å². The first-order chi connectivity index (χ1) is 11.8. The average molecular weight is 334 g/mol. The molecule has 24 heavy (non-hydrogen) atoms. The predicted octanol–water partition coefficient (Wildman–Crippen LogP) is 4.34. The highest BCUT2D eigenvalue weighted by Gasteiger charge is 2.28. The van der Waals surface area contributed by atoms with Crippen LogP contribution in [0.3, 0.4) is 0 Å². The van der Waals surface area contributed by atoms with Gasteiger partial charge in [-0.25, -0.2) is 0 Å². The molecule has 0 unspecified atom stereocenters. The van der Waals surface area contributed by atoms with Crippen molar-refractivity contribution in [3.05, 3.63) is 96.6 Å². The summed E-state index contributed by atoms with van der Waals surface area (Å²) >= 11 is 0. The Labute approximate surface area is 143 Å². The minimum atomic E-state index is -0.804. The zero-order valence-electron chi connectivity index (χ0n) is 13.2. The first-order valence-electron chi connectivity index (χ1n) is 7.92. The van der Waals surface area contributed by atoms with E-state index >= 15 is 0 Å². The van der Waals surface area contributed by atoms with Crippen LogP contribution in [-0.4, -0.2) is 11.1 Å². The van der Waals surface area contributed by atoms with Crippen LogP contribution in [0, 0.1) is 0 Å². The number of benzene rings is 3. The van der Waals surface area contributed by atoms with E-state index in [1.807, 2.05) is 66.7 Å². The quantitative estimate of drug-likeness (QED) is 0.681. The lowest BCUT2D eigenvalue weighted by atomic mass is 10.1. The molecule has 0 saturated heterocycles. The molecule has 3 heteroatoms. The minimum Gasteiger partial charge on any atom is -0.481 e. The van der Waals surface area contributed by atoms with Crippen molar-refractivity contribution in [1.82, 2.24) is 0 Å². The van der Waals surface area contributed by atoms with Gasteiger partial charge in [0.05, 0.1) is 6.42 Å². The van der Waals surface area contributed by atoms with Crippen LogP contribution in [0.5, 0.6) is 0 Å². The van der Waals surface area contributed by atoms with E-state index < -0.39 is 13.9 Å². The number of carboxylic acid groups (broad SMARTS) is 1. The van der Waals surface area contributed by atoms with Crippen molar-refractivity contribution in [3.63, 3.8) is 0 Å². The molecule has 0 aliphatic rings. The van der Waals surface area contributed by atoms with Crippen molar-refractivity contribution in [3.8, 4) is 0 Å². The Morgan fingerprint density at radius 3 is 1.58 bits per heavy atom. The van der Waals surface area contributed by atoms with Crippen LogP contribution in [0.2, 0.25) is 0 Å². The topological polar surface area (TPSA) is 37.3 Å². The number of carboxylic acids is 1. The summed E-state index contributed by atoms with van der Waals surface area (Å²) < 4.78 is 0. The molecule has 3 aromatic rings. The highest BCUT2D eigenvalue weighted by Crippen LogP contribution is 2.51. The van der Waals surface area contributed by atoms with Gasteiger partial charge in [-0.2, -0.15) is 0 Å². The SMILES string of the molecule is O=C(O)C[C@H](c1ccccc1)P(c1ccccc1)c1ccccc1. The van der Waals surface area contributed by atoms with Crippen LogP contribution in [0.1, 0.15) is 17.6 Å². The smallest absolute Gasteiger partial charge is 0.304 e. The van der Waals surface area contributed by atoms with Gasteiger partial charge in [-0.15, -0.1) is 0 Å². The largest absolute Gasteiger partial charge is 0.481 e. The third-order valence-corrected chi connectivity index (χ3v) is 6.75. The third kappa shape index (κ3) is 3.90. The monoisotopic (exact) mass is 334 g/mol. The van der Waals surface area contributed by atoms with Gasteiger partial charge in [-0.3, -0.25) is 4.79 Å². The van der Waals surface area contributed by atoms with Crippen LogP contribution < -0.4 is 10.6 Å². The second kappa shape index (κ2) is 7.90. The minimum absolute atomic E-state index is 0.0523. The van der Waals surface area contributed by atoms with Gasteiger partial charge in [0.15, 0.2) is 0 Å². The molecule has 0 aromatic heterocycles. The van der Waals surface area contributed by atoms with E-state index in [4.69, 9.17) is 0 Å². The fraction of sp³-hybridized carbons (Fsp3) is 0.0952. The molecule has 0 radical (unpaired) electrons. The Balaban J connectivity index is 2.12. The summed E-state index contributed by atoms with van der Waals surface area (Å²) in [4.78, 5) is 11.6. The molecule has 0 aliphatic carbocycles. The van der Waals surface area contributed by atoms with Gasteiger partial charge in [0.1, 0.15) is 0 Å². The molecular formula is C21H19O2P. The van der Waals surface area contributed by atoms with E-state index in [1.165, 1.54) is 10.6 Å². The summed E-state index contributed by atoms with van der Waals surface area (Å²) in [5.41, 5.74) is 1.03. The number of hydrogen-bond acceptors (Lipinski definition) is 1. The fourth-order valence-electron chi connectivity index (χ4n) is 2.88. The van der Waals surface area contributed by atoms with E-state index in [9.17, 15) is 9.90 Å². The Hall–Kier alpha value is -2.44. The first kappa shape index (κ1) is 16.4. The van der Waals surface area contributed by atoms with Gasteiger partial charge in [-0.05, 0) is 24.1 Å². The molecule has 3 rings (SSSR count). The molecule has 0 spiro atoms. The molecule has 0 bridgehead atoms. The second-order valence-electron chi connectivity index (χ2n) is 5.57. The normalized spacial score (nSPS) is 12.0. The fourth-order valence-corrected chi connectivity index (χ4v) is 5.70. The number of hydrogen-bond donors (Lipinski definition) is 1. The summed E-state index contributed by atoms with van der Waals surface area (Å²) in [6.45, 7) is 0. The summed E-state index contributed by atoms with van der Waals surface area (Å²) in [6, 6.07) is 30.5. The third-order valence-electron chi connectivity index (χ3n) is 3.93. The lowest BCUT2D eigenvalue weighted by Crippen LogP contribution is -2.19. The van der Waals surface area contributed by atoms with Gasteiger partial charge in [0, 0.05) is 5.66 Å². The highest BCUT2D eigenvalue weighted by atomic mass is 31.1. The molecule has 3 aromatic carbocycles. The van der Waals surface area contributed by atoms with E-state index in [1.54, 1.807) is 0 Å². The molecule has 1 N–H and O–H groups in total. The van der Waals surface area contributed by atoms with Crippen LogP contribution in [0.25, 0.3) is 0 Å². The van der Waals surface area contributed by atoms with Crippen molar-refractivity contribution in [2.45, 2.75) is 12.1 Å². The molecular weight excluding hydrogens is 315 g/mol. The zero-order valence-corrected chi connectivity index (χ0v) is 14.1. The molecule has 0 amide bonds. The lowest BCUT2D eigenvalue weighted by Gasteiger charge is -2.28. The van der Waals surface area contributed by atoms with Crippen LogP contribution in [0.4, 0.5) is 0 Å². The maximum absolute atomic E-state index is 11.6.